The van der Waals surface area contributed by atoms with Crippen LogP contribution in [-0.4, -0.2) is 6.36 Å². The molecular weight excluding hydrogens is 430 g/mol. The molecule has 1 aliphatic carbocycles. The van der Waals surface area contributed by atoms with Crippen LogP contribution >= 0.6 is 0 Å². The summed E-state index contributed by atoms with van der Waals surface area (Å²) in [7, 11) is 0. The van der Waals surface area contributed by atoms with Gasteiger partial charge in [0.1, 0.15) is 11.6 Å². The van der Waals surface area contributed by atoms with Gasteiger partial charge in [-0.15, -0.1) is 13.2 Å². The van der Waals surface area contributed by atoms with Crippen molar-refractivity contribution in [3.8, 4) is 16.9 Å². The van der Waals surface area contributed by atoms with E-state index in [0.717, 1.165) is 38.2 Å². The van der Waals surface area contributed by atoms with Crippen molar-refractivity contribution in [2.75, 3.05) is 0 Å². The molecule has 0 spiro atoms. The molecule has 0 N–H and O–H groups in total. The van der Waals surface area contributed by atoms with Crippen LogP contribution in [0.3, 0.4) is 0 Å². The van der Waals surface area contributed by atoms with Crippen molar-refractivity contribution < 1.29 is 31.1 Å². The highest BCUT2D eigenvalue weighted by Crippen LogP contribution is 2.40. The molecule has 0 unspecified atom stereocenters. The minimum Gasteiger partial charge on any atom is -0.403 e. The monoisotopic (exact) mass is 452 g/mol. The Kier molecular flexibility index (Phi) is 6.10. The number of fused-ring (bicyclic) bond motifs is 1. The number of hydrogen-bond donors (Lipinski definition) is 0. The van der Waals surface area contributed by atoms with Crippen LogP contribution in [0, 0.1) is 23.4 Å². The van der Waals surface area contributed by atoms with E-state index in [1.807, 2.05) is 0 Å². The number of benzene rings is 3. The maximum Gasteiger partial charge on any atom is 0.573 e. The lowest BCUT2D eigenvalue weighted by Crippen LogP contribution is -2.18. The SMILES string of the molecule is CC[C@H]1CC[C@H](c2cc(F)c(-c3ccc4c(F)c(OC(F)(F)F)ccc4c3)c(F)c2)CC1. The molecular formula is C25H22F6O. The van der Waals surface area contributed by atoms with E-state index in [4.69, 9.17) is 0 Å². The summed E-state index contributed by atoms with van der Waals surface area (Å²) in [5.74, 6) is -2.79. The molecule has 0 amide bonds. The Morgan fingerprint density at radius 2 is 1.53 bits per heavy atom. The number of hydrogen-bond acceptors (Lipinski definition) is 1. The highest BCUT2D eigenvalue weighted by Gasteiger charge is 2.32. The maximum absolute atomic E-state index is 15.0. The van der Waals surface area contributed by atoms with Gasteiger partial charge in [-0.25, -0.2) is 13.2 Å². The molecule has 1 fully saturated rings. The van der Waals surface area contributed by atoms with E-state index in [2.05, 4.69) is 11.7 Å². The molecule has 7 heteroatoms. The summed E-state index contributed by atoms with van der Waals surface area (Å²) >= 11 is 0. The predicted molar refractivity (Wildman–Crippen MR) is 111 cm³/mol. The molecule has 0 atom stereocenters. The van der Waals surface area contributed by atoms with Gasteiger partial charge in [-0.2, -0.15) is 0 Å². The second kappa shape index (κ2) is 8.68. The molecule has 0 bridgehead atoms. The van der Waals surface area contributed by atoms with E-state index in [9.17, 15) is 26.3 Å². The van der Waals surface area contributed by atoms with Gasteiger partial charge in [0.15, 0.2) is 11.6 Å². The summed E-state index contributed by atoms with van der Waals surface area (Å²) in [4.78, 5) is 0. The lowest BCUT2D eigenvalue weighted by atomic mass is 9.77. The zero-order valence-electron chi connectivity index (χ0n) is 17.4. The molecule has 1 nitrogen and oxygen atoms in total. The van der Waals surface area contributed by atoms with Crippen molar-refractivity contribution in [2.45, 2.75) is 51.3 Å². The molecule has 0 heterocycles. The second-order valence-electron chi connectivity index (χ2n) is 8.35. The van der Waals surface area contributed by atoms with Crippen molar-refractivity contribution in [3.05, 3.63) is 65.5 Å². The van der Waals surface area contributed by atoms with Gasteiger partial charge in [0.2, 0.25) is 0 Å². The smallest absolute Gasteiger partial charge is 0.403 e. The minimum atomic E-state index is -5.03. The fourth-order valence-electron chi connectivity index (χ4n) is 4.64. The average molecular weight is 452 g/mol. The molecule has 4 rings (SSSR count). The average Bonchev–Trinajstić information content (AvgIpc) is 2.74. The molecule has 1 aliphatic rings. The molecule has 0 aliphatic heterocycles. The van der Waals surface area contributed by atoms with Gasteiger partial charge in [-0.1, -0.05) is 31.5 Å². The van der Waals surface area contributed by atoms with E-state index in [0.29, 0.717) is 11.5 Å². The Labute approximate surface area is 182 Å². The molecule has 0 radical (unpaired) electrons. The van der Waals surface area contributed by atoms with Crippen molar-refractivity contribution in [1.82, 2.24) is 0 Å². The third-order valence-electron chi connectivity index (χ3n) is 6.39. The molecule has 32 heavy (non-hydrogen) atoms. The topological polar surface area (TPSA) is 9.23 Å². The van der Waals surface area contributed by atoms with Crippen LogP contribution in [-0.2, 0) is 0 Å². The summed E-state index contributed by atoms with van der Waals surface area (Å²) in [6.07, 6.45) is -0.0352. The largest absolute Gasteiger partial charge is 0.573 e. The maximum atomic E-state index is 15.0. The van der Waals surface area contributed by atoms with Gasteiger partial charge in [-0.3, -0.25) is 0 Å². The van der Waals surface area contributed by atoms with E-state index < -0.39 is 29.6 Å². The minimum absolute atomic E-state index is 0.119. The number of alkyl halides is 3. The third-order valence-corrected chi connectivity index (χ3v) is 6.39. The van der Waals surface area contributed by atoms with Crippen molar-refractivity contribution in [1.29, 1.82) is 0 Å². The fraction of sp³-hybridized carbons (Fsp3) is 0.360. The Morgan fingerprint density at radius 1 is 0.875 bits per heavy atom. The van der Waals surface area contributed by atoms with E-state index >= 15 is 0 Å². The number of rotatable bonds is 4. The summed E-state index contributed by atoms with van der Waals surface area (Å²) < 4.78 is 85.3. The summed E-state index contributed by atoms with van der Waals surface area (Å²) in [5.41, 5.74) is 0.575. The van der Waals surface area contributed by atoms with Crippen molar-refractivity contribution >= 4 is 10.8 Å². The first-order valence-corrected chi connectivity index (χ1v) is 10.6. The normalized spacial score (nSPS) is 19.3. The van der Waals surface area contributed by atoms with Crippen LogP contribution in [0.15, 0.2) is 42.5 Å². The third kappa shape index (κ3) is 4.57. The predicted octanol–water partition coefficient (Wildman–Crippen LogP) is 8.51. The van der Waals surface area contributed by atoms with Crippen molar-refractivity contribution in [2.24, 2.45) is 5.92 Å². The highest BCUT2D eigenvalue weighted by atomic mass is 19.4. The van der Waals surface area contributed by atoms with E-state index in [-0.39, 0.29) is 27.8 Å². The highest BCUT2D eigenvalue weighted by molar-refractivity contribution is 5.89. The zero-order chi connectivity index (χ0) is 23.0. The van der Waals surface area contributed by atoms with Crippen LogP contribution in [0.5, 0.6) is 5.75 Å². The summed E-state index contributed by atoms with van der Waals surface area (Å²) in [6, 6.07) is 8.62. The number of halogens is 6. The summed E-state index contributed by atoms with van der Waals surface area (Å²) in [6.45, 7) is 2.15. The van der Waals surface area contributed by atoms with Crippen LogP contribution in [0.2, 0.25) is 0 Å². The van der Waals surface area contributed by atoms with E-state index in [1.54, 1.807) is 0 Å². The van der Waals surface area contributed by atoms with E-state index in [1.165, 1.54) is 36.4 Å². The van der Waals surface area contributed by atoms with Crippen LogP contribution < -0.4 is 4.74 Å². The number of ether oxygens (including phenoxy) is 1. The first-order chi connectivity index (χ1) is 15.2. The molecule has 0 aromatic heterocycles. The Morgan fingerprint density at radius 3 is 2.12 bits per heavy atom. The zero-order valence-corrected chi connectivity index (χ0v) is 17.4. The Hall–Kier alpha value is -2.70. The second-order valence-corrected chi connectivity index (χ2v) is 8.35. The van der Waals surface area contributed by atoms with Gasteiger partial charge in [-0.05, 0) is 78.3 Å². The van der Waals surface area contributed by atoms with Gasteiger partial charge in [0, 0.05) is 5.39 Å². The quantitative estimate of drug-likeness (QED) is 0.361. The Bertz CT molecular complexity index is 1110. The molecule has 1 saturated carbocycles. The van der Waals surface area contributed by atoms with Crippen LogP contribution in [0.4, 0.5) is 26.3 Å². The van der Waals surface area contributed by atoms with Crippen LogP contribution in [0.1, 0.15) is 50.5 Å². The standard InChI is InChI=1S/C25H22F6O/c1-2-14-3-5-15(6-4-14)18-12-20(26)23(21(27)13-18)17-7-9-19-16(11-17)8-10-22(24(19)28)32-25(29,30)31/h7-15H,2-6H2,1H3/t14-,15-. The lowest BCUT2D eigenvalue weighted by Gasteiger charge is -2.28. The fourth-order valence-corrected chi connectivity index (χ4v) is 4.64. The van der Waals surface area contributed by atoms with Gasteiger partial charge in [0.25, 0.3) is 0 Å². The summed E-state index contributed by atoms with van der Waals surface area (Å²) in [5, 5.41) is 0.0657. The van der Waals surface area contributed by atoms with Gasteiger partial charge in [0.05, 0.1) is 5.56 Å². The van der Waals surface area contributed by atoms with Crippen molar-refractivity contribution in [3.63, 3.8) is 0 Å². The van der Waals surface area contributed by atoms with Gasteiger partial charge >= 0.3 is 6.36 Å². The van der Waals surface area contributed by atoms with Crippen LogP contribution in [0.25, 0.3) is 21.9 Å². The van der Waals surface area contributed by atoms with Gasteiger partial charge < -0.3 is 4.74 Å². The first kappa shape index (κ1) is 22.5. The molecule has 3 aromatic rings. The molecule has 0 saturated heterocycles. The molecule has 170 valence electrons. The molecule has 3 aromatic carbocycles. The first-order valence-electron chi connectivity index (χ1n) is 10.6. The Balaban J connectivity index is 1.66. The lowest BCUT2D eigenvalue weighted by molar-refractivity contribution is -0.275.